The number of halogens is 1. The monoisotopic (exact) mass is 237 g/mol. The summed E-state index contributed by atoms with van der Waals surface area (Å²) in [5, 5.41) is 4.38. The minimum atomic E-state index is 0.351. The SMILES string of the molecule is CCNC1CC(c2ccc(Cl)cc2)C1(C)C. The van der Waals surface area contributed by atoms with Gasteiger partial charge in [-0.25, -0.2) is 0 Å². The number of nitrogens with one attached hydrogen (secondary N) is 1. The van der Waals surface area contributed by atoms with Gasteiger partial charge in [0.1, 0.15) is 0 Å². The molecule has 2 unspecified atom stereocenters. The Hall–Kier alpha value is -0.530. The normalized spacial score (nSPS) is 27.5. The van der Waals surface area contributed by atoms with Crippen molar-refractivity contribution in [3.8, 4) is 0 Å². The Morgan fingerprint density at radius 3 is 2.44 bits per heavy atom. The lowest BCUT2D eigenvalue weighted by molar-refractivity contribution is 0.0706. The van der Waals surface area contributed by atoms with E-state index in [4.69, 9.17) is 11.6 Å². The van der Waals surface area contributed by atoms with Crippen LogP contribution in [0, 0.1) is 5.41 Å². The lowest BCUT2D eigenvalue weighted by atomic mass is 9.56. The Morgan fingerprint density at radius 2 is 1.94 bits per heavy atom. The van der Waals surface area contributed by atoms with Crippen LogP contribution in [0.1, 0.15) is 38.7 Å². The lowest BCUT2D eigenvalue weighted by Crippen LogP contribution is -2.55. The summed E-state index contributed by atoms with van der Waals surface area (Å²) in [4.78, 5) is 0. The summed E-state index contributed by atoms with van der Waals surface area (Å²) in [6.45, 7) is 7.93. The molecule has 1 aromatic rings. The van der Waals surface area contributed by atoms with Gasteiger partial charge in [0, 0.05) is 11.1 Å². The van der Waals surface area contributed by atoms with Crippen molar-refractivity contribution in [2.45, 2.75) is 39.2 Å². The minimum absolute atomic E-state index is 0.351. The van der Waals surface area contributed by atoms with Crippen molar-refractivity contribution in [2.24, 2.45) is 5.41 Å². The fraction of sp³-hybridized carbons (Fsp3) is 0.571. The lowest BCUT2D eigenvalue weighted by Gasteiger charge is -2.53. The van der Waals surface area contributed by atoms with Gasteiger partial charge in [-0.3, -0.25) is 0 Å². The molecule has 1 aliphatic carbocycles. The van der Waals surface area contributed by atoms with Crippen molar-refractivity contribution in [1.82, 2.24) is 5.32 Å². The summed E-state index contributed by atoms with van der Waals surface area (Å²) in [6, 6.07) is 8.97. The predicted molar refractivity (Wildman–Crippen MR) is 70.1 cm³/mol. The third-order valence-electron chi connectivity index (χ3n) is 3.99. The molecule has 0 radical (unpaired) electrons. The molecule has 1 fully saturated rings. The molecule has 1 aromatic carbocycles. The van der Waals surface area contributed by atoms with E-state index in [0.29, 0.717) is 17.4 Å². The van der Waals surface area contributed by atoms with Gasteiger partial charge in [-0.15, -0.1) is 0 Å². The van der Waals surface area contributed by atoms with E-state index in [2.05, 4.69) is 38.2 Å². The number of hydrogen-bond donors (Lipinski definition) is 1. The van der Waals surface area contributed by atoms with Crippen LogP contribution in [-0.4, -0.2) is 12.6 Å². The van der Waals surface area contributed by atoms with Gasteiger partial charge in [0.25, 0.3) is 0 Å². The average molecular weight is 238 g/mol. The molecule has 1 N–H and O–H groups in total. The summed E-state index contributed by atoms with van der Waals surface area (Å²) in [5.74, 6) is 0.661. The highest BCUT2D eigenvalue weighted by Gasteiger charge is 2.47. The molecule has 2 atom stereocenters. The van der Waals surface area contributed by atoms with Crippen molar-refractivity contribution in [2.75, 3.05) is 6.54 Å². The summed E-state index contributed by atoms with van der Waals surface area (Å²) in [5.41, 5.74) is 1.77. The molecule has 2 rings (SSSR count). The summed E-state index contributed by atoms with van der Waals surface area (Å²) >= 11 is 5.91. The molecule has 88 valence electrons. The minimum Gasteiger partial charge on any atom is -0.314 e. The Balaban J connectivity index is 2.11. The number of hydrogen-bond acceptors (Lipinski definition) is 1. The molecule has 0 saturated heterocycles. The van der Waals surface area contributed by atoms with E-state index in [9.17, 15) is 0 Å². The average Bonchev–Trinajstić information content (AvgIpc) is 2.26. The molecule has 0 heterocycles. The van der Waals surface area contributed by atoms with E-state index in [1.54, 1.807) is 0 Å². The van der Waals surface area contributed by atoms with Gasteiger partial charge in [0.15, 0.2) is 0 Å². The maximum atomic E-state index is 5.91. The van der Waals surface area contributed by atoms with E-state index in [0.717, 1.165) is 11.6 Å². The highest BCUT2D eigenvalue weighted by molar-refractivity contribution is 6.30. The van der Waals surface area contributed by atoms with Crippen LogP contribution in [-0.2, 0) is 0 Å². The van der Waals surface area contributed by atoms with Gasteiger partial charge in [-0.1, -0.05) is 44.5 Å². The van der Waals surface area contributed by atoms with Crippen LogP contribution in [0.25, 0.3) is 0 Å². The second kappa shape index (κ2) is 4.38. The van der Waals surface area contributed by atoms with Crippen molar-refractivity contribution >= 4 is 11.6 Å². The topological polar surface area (TPSA) is 12.0 Å². The molecule has 16 heavy (non-hydrogen) atoms. The van der Waals surface area contributed by atoms with E-state index in [1.807, 2.05) is 12.1 Å². The van der Waals surface area contributed by atoms with Crippen LogP contribution in [0.3, 0.4) is 0 Å². The van der Waals surface area contributed by atoms with Crippen LogP contribution >= 0.6 is 11.6 Å². The maximum absolute atomic E-state index is 5.91. The molecule has 0 spiro atoms. The first kappa shape index (κ1) is 11.9. The Kier molecular flexibility index (Phi) is 3.27. The Morgan fingerprint density at radius 1 is 1.31 bits per heavy atom. The van der Waals surface area contributed by atoms with Gasteiger partial charge in [0.2, 0.25) is 0 Å². The molecule has 0 bridgehead atoms. The van der Waals surface area contributed by atoms with Crippen LogP contribution in [0.2, 0.25) is 5.02 Å². The van der Waals surface area contributed by atoms with Crippen molar-refractivity contribution in [3.63, 3.8) is 0 Å². The Labute approximate surface area is 103 Å². The third kappa shape index (κ3) is 1.99. The summed E-state index contributed by atoms with van der Waals surface area (Å²) in [7, 11) is 0. The molecule has 0 amide bonds. The zero-order chi connectivity index (χ0) is 11.8. The molecule has 2 heteroatoms. The molecule has 1 nitrogen and oxygen atoms in total. The van der Waals surface area contributed by atoms with Crippen LogP contribution in [0.4, 0.5) is 0 Å². The second-order valence-corrected chi connectivity index (χ2v) is 5.71. The van der Waals surface area contributed by atoms with Gasteiger partial charge in [-0.05, 0) is 42.0 Å². The van der Waals surface area contributed by atoms with Crippen LogP contribution < -0.4 is 5.32 Å². The molecule has 1 saturated carbocycles. The quantitative estimate of drug-likeness (QED) is 0.843. The first-order valence-corrected chi connectivity index (χ1v) is 6.42. The van der Waals surface area contributed by atoms with E-state index in [-0.39, 0.29) is 0 Å². The second-order valence-electron chi connectivity index (χ2n) is 5.27. The van der Waals surface area contributed by atoms with E-state index >= 15 is 0 Å². The number of benzene rings is 1. The zero-order valence-electron chi connectivity index (χ0n) is 10.3. The van der Waals surface area contributed by atoms with Crippen molar-refractivity contribution in [3.05, 3.63) is 34.9 Å². The van der Waals surface area contributed by atoms with E-state index < -0.39 is 0 Å². The zero-order valence-corrected chi connectivity index (χ0v) is 11.0. The molecular formula is C14H20ClN. The van der Waals surface area contributed by atoms with Gasteiger partial charge >= 0.3 is 0 Å². The summed E-state index contributed by atoms with van der Waals surface area (Å²) < 4.78 is 0. The molecular weight excluding hydrogens is 218 g/mol. The molecule has 0 aliphatic heterocycles. The van der Waals surface area contributed by atoms with Crippen molar-refractivity contribution in [1.29, 1.82) is 0 Å². The molecule has 0 aromatic heterocycles. The van der Waals surface area contributed by atoms with Gasteiger partial charge in [-0.2, -0.15) is 0 Å². The maximum Gasteiger partial charge on any atom is 0.0406 e. The van der Waals surface area contributed by atoms with Gasteiger partial charge in [0.05, 0.1) is 0 Å². The van der Waals surface area contributed by atoms with Crippen molar-refractivity contribution < 1.29 is 0 Å². The molecule has 1 aliphatic rings. The largest absolute Gasteiger partial charge is 0.314 e. The number of rotatable bonds is 3. The van der Waals surface area contributed by atoms with E-state index in [1.165, 1.54) is 12.0 Å². The predicted octanol–water partition coefficient (Wildman–Crippen LogP) is 3.83. The van der Waals surface area contributed by atoms with Gasteiger partial charge < -0.3 is 5.32 Å². The van der Waals surface area contributed by atoms with Crippen LogP contribution in [0.15, 0.2) is 24.3 Å². The standard InChI is InChI=1S/C14H20ClN/c1-4-16-13-9-12(14(13,2)3)10-5-7-11(15)8-6-10/h5-8,12-13,16H,4,9H2,1-3H3. The fourth-order valence-electron chi connectivity index (χ4n) is 2.78. The smallest absolute Gasteiger partial charge is 0.0406 e. The summed E-state index contributed by atoms with van der Waals surface area (Å²) in [6.07, 6.45) is 1.24. The highest BCUT2D eigenvalue weighted by atomic mass is 35.5. The Bertz CT molecular complexity index is 356. The first-order valence-electron chi connectivity index (χ1n) is 6.04. The fourth-order valence-corrected chi connectivity index (χ4v) is 2.91. The van der Waals surface area contributed by atoms with Crippen LogP contribution in [0.5, 0.6) is 0 Å². The third-order valence-corrected chi connectivity index (χ3v) is 4.24. The first-order chi connectivity index (χ1) is 7.55. The highest BCUT2D eigenvalue weighted by Crippen LogP contribution is 2.52.